The molecule has 0 amide bonds. The first kappa shape index (κ1) is 15.3. The average Bonchev–Trinajstić information content (AvgIpc) is 2.89. The lowest BCUT2D eigenvalue weighted by molar-refractivity contribution is 0.417. The van der Waals surface area contributed by atoms with Crippen molar-refractivity contribution in [3.63, 3.8) is 0 Å². The van der Waals surface area contributed by atoms with E-state index in [1.54, 1.807) is 11.3 Å². The summed E-state index contributed by atoms with van der Waals surface area (Å²) in [5.41, 5.74) is 7.65. The quantitative estimate of drug-likeness (QED) is 0.921. The number of fused-ring (bicyclic) bond motifs is 1. The van der Waals surface area contributed by atoms with Crippen LogP contribution in [0.25, 0.3) is 4.96 Å². The highest BCUT2D eigenvalue weighted by Gasteiger charge is 2.21. The standard InChI is InChI=1S/C15H26N4S/c1-6-11(16)9-12-13(18(5)10-15(2,3)4)17-14-19(12)7-8-20-14/h7-8,11H,6,9-10,16H2,1-5H3. The molecule has 0 aromatic carbocycles. The summed E-state index contributed by atoms with van der Waals surface area (Å²) in [4.78, 5) is 8.11. The minimum absolute atomic E-state index is 0.191. The first-order valence-electron chi connectivity index (χ1n) is 7.23. The Morgan fingerprint density at radius 2 is 2.15 bits per heavy atom. The van der Waals surface area contributed by atoms with E-state index in [1.165, 1.54) is 5.69 Å². The fourth-order valence-electron chi connectivity index (χ4n) is 2.50. The fourth-order valence-corrected chi connectivity index (χ4v) is 3.22. The maximum absolute atomic E-state index is 6.16. The summed E-state index contributed by atoms with van der Waals surface area (Å²) < 4.78 is 2.19. The zero-order chi connectivity index (χ0) is 14.9. The topological polar surface area (TPSA) is 46.6 Å². The number of hydrogen-bond donors (Lipinski definition) is 1. The molecule has 0 radical (unpaired) electrons. The first-order chi connectivity index (χ1) is 9.31. The Bertz CT molecular complexity index is 564. The SMILES string of the molecule is CCC(N)Cc1c(N(C)CC(C)(C)C)nc2sccn12. The highest BCUT2D eigenvalue weighted by Crippen LogP contribution is 2.27. The van der Waals surface area contributed by atoms with Crippen molar-refractivity contribution in [2.24, 2.45) is 11.1 Å². The summed E-state index contributed by atoms with van der Waals surface area (Å²) in [6.07, 6.45) is 3.96. The Kier molecular flexibility index (Phi) is 4.39. The third-order valence-electron chi connectivity index (χ3n) is 3.39. The van der Waals surface area contributed by atoms with Crippen LogP contribution in [-0.2, 0) is 6.42 Å². The molecule has 2 rings (SSSR count). The molecule has 2 aromatic heterocycles. The number of aromatic nitrogens is 2. The Hall–Kier alpha value is -1.07. The summed E-state index contributed by atoms with van der Waals surface area (Å²) in [5, 5.41) is 2.08. The Morgan fingerprint density at radius 3 is 2.75 bits per heavy atom. The van der Waals surface area contributed by atoms with E-state index in [-0.39, 0.29) is 11.5 Å². The van der Waals surface area contributed by atoms with E-state index in [1.807, 2.05) is 0 Å². The highest BCUT2D eigenvalue weighted by molar-refractivity contribution is 7.15. The van der Waals surface area contributed by atoms with E-state index in [4.69, 9.17) is 10.7 Å². The molecule has 0 saturated heterocycles. The molecule has 0 saturated carbocycles. The number of nitrogens with zero attached hydrogens (tertiary/aromatic N) is 3. The Morgan fingerprint density at radius 1 is 1.45 bits per heavy atom. The lowest BCUT2D eigenvalue weighted by atomic mass is 9.96. The van der Waals surface area contributed by atoms with Gasteiger partial charge in [-0.15, -0.1) is 11.3 Å². The van der Waals surface area contributed by atoms with Gasteiger partial charge < -0.3 is 10.6 Å². The van der Waals surface area contributed by atoms with Crippen LogP contribution < -0.4 is 10.6 Å². The van der Waals surface area contributed by atoms with Gasteiger partial charge in [-0.25, -0.2) is 4.98 Å². The molecule has 4 nitrogen and oxygen atoms in total. The average molecular weight is 294 g/mol. The summed E-state index contributed by atoms with van der Waals surface area (Å²) in [6.45, 7) is 9.86. The van der Waals surface area contributed by atoms with E-state index < -0.39 is 0 Å². The second-order valence-electron chi connectivity index (χ2n) is 6.73. The van der Waals surface area contributed by atoms with Crippen LogP contribution >= 0.6 is 11.3 Å². The molecule has 2 heterocycles. The van der Waals surface area contributed by atoms with Crippen LogP contribution in [0.15, 0.2) is 11.6 Å². The molecule has 0 aliphatic carbocycles. The molecule has 5 heteroatoms. The van der Waals surface area contributed by atoms with Crippen LogP contribution in [0.1, 0.15) is 39.8 Å². The minimum Gasteiger partial charge on any atom is -0.358 e. The summed E-state index contributed by atoms with van der Waals surface area (Å²) >= 11 is 1.68. The summed E-state index contributed by atoms with van der Waals surface area (Å²) in [7, 11) is 2.12. The molecule has 0 bridgehead atoms. The molecule has 0 aliphatic rings. The smallest absolute Gasteiger partial charge is 0.195 e. The number of nitrogens with two attached hydrogens (primary N) is 1. The number of thiazole rings is 1. The zero-order valence-electron chi connectivity index (χ0n) is 13.2. The molecule has 0 aliphatic heterocycles. The van der Waals surface area contributed by atoms with Gasteiger partial charge in [-0.2, -0.15) is 0 Å². The molecule has 0 fully saturated rings. The first-order valence-corrected chi connectivity index (χ1v) is 8.11. The van der Waals surface area contributed by atoms with Gasteiger partial charge in [0.15, 0.2) is 10.8 Å². The molecular weight excluding hydrogens is 268 g/mol. The number of anilines is 1. The number of hydrogen-bond acceptors (Lipinski definition) is 4. The lowest BCUT2D eigenvalue weighted by Gasteiger charge is -2.27. The molecule has 20 heavy (non-hydrogen) atoms. The van der Waals surface area contributed by atoms with Gasteiger partial charge in [0.25, 0.3) is 0 Å². The zero-order valence-corrected chi connectivity index (χ0v) is 14.0. The van der Waals surface area contributed by atoms with Crippen LogP contribution in [0.2, 0.25) is 0 Å². The fraction of sp³-hybridized carbons (Fsp3) is 0.667. The van der Waals surface area contributed by atoms with Crippen molar-refractivity contribution in [1.29, 1.82) is 0 Å². The van der Waals surface area contributed by atoms with E-state index in [9.17, 15) is 0 Å². The van der Waals surface area contributed by atoms with Gasteiger partial charge in [-0.3, -0.25) is 4.40 Å². The van der Waals surface area contributed by atoms with Gasteiger partial charge in [-0.1, -0.05) is 27.7 Å². The normalized spacial score (nSPS) is 13.9. The van der Waals surface area contributed by atoms with E-state index in [2.05, 4.69) is 55.6 Å². The van der Waals surface area contributed by atoms with Crippen LogP contribution in [0.4, 0.5) is 5.82 Å². The van der Waals surface area contributed by atoms with E-state index >= 15 is 0 Å². The summed E-state index contributed by atoms with van der Waals surface area (Å²) in [6, 6.07) is 0.191. The van der Waals surface area contributed by atoms with Gasteiger partial charge in [0, 0.05) is 37.6 Å². The van der Waals surface area contributed by atoms with Gasteiger partial charge in [-0.05, 0) is 11.8 Å². The second-order valence-corrected chi connectivity index (χ2v) is 7.60. The maximum atomic E-state index is 6.16. The van der Waals surface area contributed by atoms with Crippen LogP contribution in [0, 0.1) is 5.41 Å². The molecule has 1 unspecified atom stereocenters. The molecule has 112 valence electrons. The van der Waals surface area contributed by atoms with Crippen molar-refractivity contribution in [2.75, 3.05) is 18.5 Å². The predicted octanol–water partition coefficient (Wildman–Crippen LogP) is 3.16. The van der Waals surface area contributed by atoms with Crippen LogP contribution in [0.5, 0.6) is 0 Å². The van der Waals surface area contributed by atoms with Gasteiger partial charge in [0.1, 0.15) is 0 Å². The third kappa shape index (κ3) is 3.33. The highest BCUT2D eigenvalue weighted by atomic mass is 32.1. The number of rotatable bonds is 5. The van der Waals surface area contributed by atoms with Crippen molar-refractivity contribution in [3.8, 4) is 0 Å². The third-order valence-corrected chi connectivity index (χ3v) is 4.15. The van der Waals surface area contributed by atoms with Crippen LogP contribution in [-0.4, -0.2) is 29.0 Å². The van der Waals surface area contributed by atoms with E-state index in [0.29, 0.717) is 0 Å². The van der Waals surface area contributed by atoms with Crippen molar-refractivity contribution in [3.05, 3.63) is 17.3 Å². The molecule has 0 spiro atoms. The molecule has 1 atom stereocenters. The largest absolute Gasteiger partial charge is 0.358 e. The monoisotopic (exact) mass is 294 g/mol. The molecular formula is C15H26N4S. The van der Waals surface area contributed by atoms with Crippen molar-refractivity contribution in [1.82, 2.24) is 9.38 Å². The van der Waals surface area contributed by atoms with Crippen molar-refractivity contribution < 1.29 is 0 Å². The Balaban J connectivity index is 2.36. The van der Waals surface area contributed by atoms with Crippen molar-refractivity contribution in [2.45, 2.75) is 46.6 Å². The van der Waals surface area contributed by atoms with Gasteiger partial charge in [0.2, 0.25) is 0 Å². The van der Waals surface area contributed by atoms with Gasteiger partial charge in [0.05, 0.1) is 5.69 Å². The Labute approximate surface area is 125 Å². The predicted molar refractivity (Wildman–Crippen MR) is 87.8 cm³/mol. The van der Waals surface area contributed by atoms with Crippen LogP contribution in [0.3, 0.4) is 0 Å². The molecule has 2 N–H and O–H groups in total. The maximum Gasteiger partial charge on any atom is 0.195 e. The number of imidazole rings is 1. The van der Waals surface area contributed by atoms with Crippen molar-refractivity contribution >= 4 is 22.1 Å². The lowest BCUT2D eigenvalue weighted by Crippen LogP contribution is -2.31. The van der Waals surface area contributed by atoms with E-state index in [0.717, 1.165) is 30.2 Å². The van der Waals surface area contributed by atoms with Gasteiger partial charge >= 0.3 is 0 Å². The summed E-state index contributed by atoms with van der Waals surface area (Å²) in [5.74, 6) is 1.08. The minimum atomic E-state index is 0.191. The second kappa shape index (κ2) is 5.74. The molecule has 2 aromatic rings.